The minimum absolute atomic E-state index is 0.0820. The molecule has 3 aromatic rings. The first kappa shape index (κ1) is 20.7. The molecule has 0 saturated carbocycles. The summed E-state index contributed by atoms with van der Waals surface area (Å²) < 4.78 is 0. The van der Waals surface area contributed by atoms with Gasteiger partial charge in [0, 0.05) is 11.1 Å². The van der Waals surface area contributed by atoms with Crippen molar-refractivity contribution in [3.05, 3.63) is 70.5 Å². The maximum absolute atomic E-state index is 9.12. The number of hydrogen-bond acceptors (Lipinski definition) is 3. The van der Waals surface area contributed by atoms with Crippen LogP contribution in [-0.2, 0) is 11.8 Å². The second-order valence-corrected chi connectivity index (χ2v) is 8.78. The summed E-state index contributed by atoms with van der Waals surface area (Å²) in [6.45, 7) is 13.0. The maximum atomic E-state index is 9.12. The Hall–Kier alpha value is -2.99. The third kappa shape index (κ3) is 4.54. The highest BCUT2D eigenvalue weighted by atomic mass is 14.8. The van der Waals surface area contributed by atoms with Gasteiger partial charge in [0.1, 0.15) is 0 Å². The number of benzene rings is 2. The molecule has 0 unspecified atom stereocenters. The Morgan fingerprint density at radius 1 is 1.03 bits per heavy atom. The molecule has 0 atom stereocenters. The van der Waals surface area contributed by atoms with Gasteiger partial charge >= 0.3 is 0 Å². The van der Waals surface area contributed by atoms with Gasteiger partial charge in [-0.05, 0) is 61.1 Å². The monoisotopic (exact) mass is 383 g/mol. The molecule has 3 rings (SSSR count). The van der Waals surface area contributed by atoms with Crippen molar-refractivity contribution >= 4 is 0 Å². The van der Waals surface area contributed by atoms with Crippen molar-refractivity contribution in [3.63, 3.8) is 0 Å². The van der Waals surface area contributed by atoms with E-state index in [2.05, 4.69) is 58.9 Å². The van der Waals surface area contributed by atoms with Crippen LogP contribution in [0.2, 0.25) is 0 Å². The number of nitriles is 1. The Kier molecular flexibility index (Phi) is 5.84. The van der Waals surface area contributed by atoms with Crippen LogP contribution < -0.4 is 0 Å². The van der Waals surface area contributed by atoms with Crippen molar-refractivity contribution in [1.82, 2.24) is 9.97 Å². The normalized spacial score (nSPS) is 11.3. The first-order valence-corrected chi connectivity index (χ1v) is 10.2. The molecule has 0 bridgehead atoms. The Bertz CT molecular complexity index is 1080. The number of rotatable bonds is 4. The van der Waals surface area contributed by atoms with Crippen molar-refractivity contribution in [1.29, 1.82) is 5.26 Å². The zero-order valence-electron chi connectivity index (χ0n) is 18.3. The van der Waals surface area contributed by atoms with Gasteiger partial charge in [0.25, 0.3) is 0 Å². The first-order valence-electron chi connectivity index (χ1n) is 10.2. The standard InChI is InChI=1S/C26H29N3/c1-7-8-23-25(20-11-17(2)12-21(14-20)26(4,5)6)28-16-24(29-23)22-10-9-19(15-27)13-18(22)3/h9-14,16H,7-8H2,1-6H3. The van der Waals surface area contributed by atoms with Gasteiger partial charge in [-0.3, -0.25) is 4.98 Å². The third-order valence-electron chi connectivity index (χ3n) is 5.18. The lowest BCUT2D eigenvalue weighted by atomic mass is 9.84. The van der Waals surface area contributed by atoms with Crippen LogP contribution in [0.25, 0.3) is 22.5 Å². The van der Waals surface area contributed by atoms with Gasteiger partial charge < -0.3 is 0 Å². The minimum Gasteiger partial charge on any atom is -0.252 e. The van der Waals surface area contributed by atoms with Crippen LogP contribution in [0.5, 0.6) is 0 Å². The van der Waals surface area contributed by atoms with Crippen molar-refractivity contribution in [3.8, 4) is 28.6 Å². The molecule has 0 amide bonds. The SMILES string of the molecule is CCCc1nc(-c2ccc(C#N)cc2C)cnc1-c1cc(C)cc(C(C)(C)C)c1. The first-order chi connectivity index (χ1) is 13.7. The van der Waals surface area contributed by atoms with Gasteiger partial charge in [0.05, 0.1) is 34.9 Å². The molecule has 1 aromatic heterocycles. The maximum Gasteiger partial charge on any atom is 0.0991 e. The zero-order valence-corrected chi connectivity index (χ0v) is 18.3. The topological polar surface area (TPSA) is 49.6 Å². The van der Waals surface area contributed by atoms with Gasteiger partial charge in [0.2, 0.25) is 0 Å². The van der Waals surface area contributed by atoms with Crippen molar-refractivity contribution < 1.29 is 0 Å². The number of hydrogen-bond donors (Lipinski definition) is 0. The molecule has 1 heterocycles. The molecule has 3 heteroatoms. The van der Waals surface area contributed by atoms with Crippen LogP contribution in [0.3, 0.4) is 0 Å². The lowest BCUT2D eigenvalue weighted by Crippen LogP contribution is -2.11. The highest BCUT2D eigenvalue weighted by Crippen LogP contribution is 2.31. The van der Waals surface area contributed by atoms with Gasteiger partial charge in [-0.15, -0.1) is 0 Å². The van der Waals surface area contributed by atoms with E-state index in [-0.39, 0.29) is 5.41 Å². The molecular weight excluding hydrogens is 354 g/mol. The Morgan fingerprint density at radius 2 is 1.79 bits per heavy atom. The highest BCUT2D eigenvalue weighted by molar-refractivity contribution is 5.69. The van der Waals surface area contributed by atoms with Crippen LogP contribution >= 0.6 is 0 Å². The highest BCUT2D eigenvalue weighted by Gasteiger charge is 2.18. The van der Waals surface area contributed by atoms with Crippen LogP contribution in [0, 0.1) is 25.2 Å². The number of nitrogens with zero attached hydrogens (tertiary/aromatic N) is 3. The quantitative estimate of drug-likeness (QED) is 0.513. The molecule has 0 aliphatic rings. The smallest absolute Gasteiger partial charge is 0.0991 e. The summed E-state index contributed by atoms with van der Waals surface area (Å²) in [7, 11) is 0. The lowest BCUT2D eigenvalue weighted by Gasteiger charge is -2.21. The molecule has 0 saturated heterocycles. The van der Waals surface area contributed by atoms with E-state index in [0.29, 0.717) is 5.56 Å². The molecule has 29 heavy (non-hydrogen) atoms. The fourth-order valence-electron chi connectivity index (χ4n) is 3.58. The third-order valence-corrected chi connectivity index (χ3v) is 5.18. The summed E-state index contributed by atoms with van der Waals surface area (Å²) in [5, 5.41) is 9.12. The van der Waals surface area contributed by atoms with Crippen molar-refractivity contribution in [2.24, 2.45) is 0 Å². The van der Waals surface area contributed by atoms with E-state index in [0.717, 1.165) is 46.6 Å². The van der Waals surface area contributed by atoms with E-state index in [9.17, 15) is 0 Å². The van der Waals surface area contributed by atoms with E-state index in [4.69, 9.17) is 15.2 Å². The Morgan fingerprint density at radius 3 is 2.41 bits per heavy atom. The van der Waals surface area contributed by atoms with E-state index in [1.807, 2.05) is 31.3 Å². The summed E-state index contributed by atoms with van der Waals surface area (Å²) in [6.07, 6.45) is 3.75. The molecule has 3 nitrogen and oxygen atoms in total. The van der Waals surface area contributed by atoms with E-state index in [1.165, 1.54) is 11.1 Å². The average Bonchev–Trinajstić information content (AvgIpc) is 2.67. The Labute approximate surface area is 174 Å². The fourth-order valence-corrected chi connectivity index (χ4v) is 3.58. The van der Waals surface area contributed by atoms with Gasteiger partial charge in [-0.25, -0.2) is 4.98 Å². The lowest BCUT2D eigenvalue weighted by molar-refractivity contribution is 0.590. The molecule has 0 aliphatic carbocycles. The van der Waals surface area contributed by atoms with Crippen LogP contribution in [0.1, 0.15) is 62.1 Å². The van der Waals surface area contributed by atoms with Crippen molar-refractivity contribution in [2.45, 2.75) is 59.8 Å². The number of aromatic nitrogens is 2. The number of aryl methyl sites for hydroxylation is 3. The zero-order chi connectivity index (χ0) is 21.2. The molecule has 0 N–H and O–H groups in total. The summed E-state index contributed by atoms with van der Waals surface area (Å²) in [5.41, 5.74) is 9.36. The fraction of sp³-hybridized carbons (Fsp3) is 0.346. The average molecular weight is 384 g/mol. The second kappa shape index (κ2) is 8.17. The molecule has 148 valence electrons. The summed E-state index contributed by atoms with van der Waals surface area (Å²) in [6, 6.07) is 14.6. The van der Waals surface area contributed by atoms with Crippen molar-refractivity contribution in [2.75, 3.05) is 0 Å². The van der Waals surface area contributed by atoms with E-state index in [1.54, 1.807) is 0 Å². The van der Waals surface area contributed by atoms with E-state index < -0.39 is 0 Å². The van der Waals surface area contributed by atoms with Crippen LogP contribution in [0.15, 0.2) is 42.6 Å². The Balaban J connectivity index is 2.13. The largest absolute Gasteiger partial charge is 0.252 e. The minimum atomic E-state index is 0.0820. The van der Waals surface area contributed by atoms with Crippen LogP contribution in [-0.4, -0.2) is 9.97 Å². The summed E-state index contributed by atoms with van der Waals surface area (Å²) in [4.78, 5) is 9.87. The van der Waals surface area contributed by atoms with Gasteiger partial charge in [-0.1, -0.05) is 51.8 Å². The summed E-state index contributed by atoms with van der Waals surface area (Å²) in [5.74, 6) is 0. The van der Waals surface area contributed by atoms with Gasteiger partial charge in [0.15, 0.2) is 0 Å². The second-order valence-electron chi connectivity index (χ2n) is 8.78. The predicted octanol–water partition coefficient (Wildman–Crippen LogP) is 6.55. The molecule has 0 fully saturated rings. The summed E-state index contributed by atoms with van der Waals surface area (Å²) >= 11 is 0. The van der Waals surface area contributed by atoms with Gasteiger partial charge in [-0.2, -0.15) is 5.26 Å². The molecule has 0 spiro atoms. The molecule has 0 aliphatic heterocycles. The van der Waals surface area contributed by atoms with Crippen LogP contribution in [0.4, 0.5) is 0 Å². The molecule has 0 radical (unpaired) electrons. The predicted molar refractivity (Wildman–Crippen MR) is 120 cm³/mol. The molecular formula is C26H29N3. The molecule has 2 aromatic carbocycles. The van der Waals surface area contributed by atoms with E-state index >= 15 is 0 Å².